The summed E-state index contributed by atoms with van der Waals surface area (Å²) in [6, 6.07) is 14.6. The second-order valence-electron chi connectivity index (χ2n) is 8.23. The lowest BCUT2D eigenvalue weighted by molar-refractivity contribution is -0.134. The van der Waals surface area contributed by atoms with Crippen LogP contribution in [0, 0.1) is 5.92 Å². The zero-order valence-corrected chi connectivity index (χ0v) is 19.8. The summed E-state index contributed by atoms with van der Waals surface area (Å²) >= 11 is 0. The molecule has 1 aliphatic heterocycles. The van der Waals surface area contributed by atoms with Gasteiger partial charge >= 0.3 is 11.9 Å². The Morgan fingerprint density at radius 1 is 1.03 bits per heavy atom. The van der Waals surface area contributed by atoms with Crippen LogP contribution in [-0.4, -0.2) is 59.5 Å². The molecule has 1 saturated heterocycles. The van der Waals surface area contributed by atoms with Crippen LogP contribution in [0.4, 0.5) is 0 Å². The third-order valence-electron chi connectivity index (χ3n) is 5.86. The van der Waals surface area contributed by atoms with E-state index in [2.05, 4.69) is 40.4 Å². The van der Waals surface area contributed by atoms with Crippen LogP contribution in [-0.2, 0) is 22.6 Å². The highest BCUT2D eigenvalue weighted by Gasteiger charge is 2.23. The van der Waals surface area contributed by atoms with Crippen LogP contribution < -0.4 is 9.47 Å². The second kappa shape index (κ2) is 12.6. The van der Waals surface area contributed by atoms with Crippen LogP contribution in [0.5, 0.6) is 11.5 Å². The fourth-order valence-electron chi connectivity index (χ4n) is 4.12. The van der Waals surface area contributed by atoms with Crippen LogP contribution in [0.3, 0.4) is 0 Å². The van der Waals surface area contributed by atoms with E-state index in [0.29, 0.717) is 35.2 Å². The summed E-state index contributed by atoms with van der Waals surface area (Å²) in [4.78, 5) is 21.6. The Morgan fingerprint density at radius 3 is 2.26 bits per heavy atom. The molecular weight excluding hydrogens is 452 g/mol. The molecule has 1 aliphatic rings. The fourth-order valence-corrected chi connectivity index (χ4v) is 4.12. The van der Waals surface area contributed by atoms with Crippen LogP contribution >= 0.6 is 0 Å². The maximum Gasteiger partial charge on any atom is 0.328 e. The number of piperidine rings is 1. The number of benzene rings is 2. The van der Waals surface area contributed by atoms with Crippen molar-refractivity contribution in [1.82, 2.24) is 10.1 Å². The molecule has 9 heteroatoms. The van der Waals surface area contributed by atoms with E-state index in [9.17, 15) is 9.59 Å². The van der Waals surface area contributed by atoms with Crippen molar-refractivity contribution in [2.24, 2.45) is 5.92 Å². The van der Waals surface area contributed by atoms with Crippen molar-refractivity contribution in [3.05, 3.63) is 65.9 Å². The normalized spacial score (nSPS) is 14.5. The van der Waals surface area contributed by atoms with Crippen molar-refractivity contribution in [2.75, 3.05) is 27.3 Å². The Hall–Kier alpha value is -3.85. The first kappa shape index (κ1) is 25.8. The van der Waals surface area contributed by atoms with Gasteiger partial charge in [-0.2, -0.15) is 0 Å². The first-order valence-electron chi connectivity index (χ1n) is 11.3. The molecule has 0 amide bonds. The molecule has 2 N–H and O–H groups in total. The number of fused-ring (bicyclic) bond motifs is 1. The molecule has 0 radical (unpaired) electrons. The van der Waals surface area contributed by atoms with Gasteiger partial charge in [0.15, 0.2) is 5.75 Å². The highest BCUT2D eigenvalue weighted by molar-refractivity contribution is 5.89. The average molecular weight is 483 g/mol. The Morgan fingerprint density at radius 2 is 1.69 bits per heavy atom. The van der Waals surface area contributed by atoms with Crippen molar-refractivity contribution in [2.45, 2.75) is 25.8 Å². The molecule has 2 aromatic carbocycles. The number of carboxylic acid groups (broad SMARTS) is 2. The highest BCUT2D eigenvalue weighted by atomic mass is 16.5. The summed E-state index contributed by atoms with van der Waals surface area (Å²) in [6.45, 7) is 3.30. The largest absolute Gasteiger partial charge is 0.493 e. The van der Waals surface area contributed by atoms with Gasteiger partial charge in [0, 0.05) is 24.1 Å². The van der Waals surface area contributed by atoms with Crippen molar-refractivity contribution >= 4 is 22.9 Å². The van der Waals surface area contributed by atoms with Gasteiger partial charge in [-0.05, 0) is 56.0 Å². The molecule has 0 aliphatic carbocycles. The van der Waals surface area contributed by atoms with Crippen LogP contribution in [0.25, 0.3) is 11.0 Å². The molecule has 1 aromatic heterocycles. The number of carboxylic acids is 2. The van der Waals surface area contributed by atoms with Crippen molar-refractivity contribution in [1.29, 1.82) is 0 Å². The molecule has 4 rings (SSSR count). The maximum atomic E-state index is 9.55. The number of nitrogens with zero attached hydrogens (tertiary/aromatic N) is 2. The molecule has 35 heavy (non-hydrogen) atoms. The van der Waals surface area contributed by atoms with Crippen LogP contribution in [0.1, 0.15) is 24.1 Å². The molecule has 0 atom stereocenters. The smallest absolute Gasteiger partial charge is 0.328 e. The van der Waals surface area contributed by atoms with Crippen LogP contribution in [0.2, 0.25) is 0 Å². The Balaban J connectivity index is 0.000000371. The van der Waals surface area contributed by atoms with E-state index in [-0.39, 0.29) is 0 Å². The van der Waals surface area contributed by atoms with Gasteiger partial charge in [-0.25, -0.2) is 9.59 Å². The van der Waals surface area contributed by atoms with Crippen molar-refractivity contribution in [3.8, 4) is 11.5 Å². The molecular formula is C26H30N2O7. The number of ether oxygens (including phenoxy) is 2. The molecule has 0 unspecified atom stereocenters. The maximum absolute atomic E-state index is 9.55. The van der Waals surface area contributed by atoms with Gasteiger partial charge in [-0.15, -0.1) is 0 Å². The number of hydrogen-bond acceptors (Lipinski definition) is 7. The van der Waals surface area contributed by atoms with Gasteiger partial charge in [0.2, 0.25) is 11.3 Å². The van der Waals surface area contributed by atoms with Gasteiger partial charge < -0.3 is 24.2 Å². The lowest BCUT2D eigenvalue weighted by Gasteiger charge is -2.31. The minimum atomic E-state index is -1.26. The summed E-state index contributed by atoms with van der Waals surface area (Å²) in [5.41, 5.74) is 3.08. The lowest BCUT2D eigenvalue weighted by Crippen LogP contribution is -2.33. The molecule has 9 nitrogen and oxygen atoms in total. The topological polar surface area (TPSA) is 122 Å². The Bertz CT molecular complexity index is 1130. The summed E-state index contributed by atoms with van der Waals surface area (Å²) in [7, 11) is 3.26. The van der Waals surface area contributed by atoms with Crippen molar-refractivity contribution in [3.63, 3.8) is 0 Å². The number of carbonyl (C=O) groups is 2. The summed E-state index contributed by atoms with van der Waals surface area (Å²) in [6.07, 6.45) is 4.44. The van der Waals surface area contributed by atoms with Gasteiger partial charge in [-0.1, -0.05) is 35.5 Å². The summed E-state index contributed by atoms with van der Waals surface area (Å²) in [5, 5.41) is 21.0. The molecule has 0 spiro atoms. The SMILES string of the molecule is COc1ccc2c(CC3CCN(Cc4ccccc4)CC3)noc2c1OC.O=C(O)C=CC(=O)O. The average Bonchev–Trinajstić information content (AvgIpc) is 3.27. The molecule has 0 saturated carbocycles. The van der Waals surface area contributed by atoms with E-state index in [1.807, 2.05) is 12.1 Å². The fraction of sp³-hybridized carbons (Fsp3) is 0.346. The van der Waals surface area contributed by atoms with E-state index in [1.165, 1.54) is 18.4 Å². The number of hydrogen-bond donors (Lipinski definition) is 2. The standard InChI is InChI=1S/C22H26N2O3.C4H4O4/c1-25-20-9-8-18-19(23-27-21(18)22(20)26-2)14-16-10-12-24(13-11-16)15-17-6-4-3-5-7-17;5-3(6)1-2-4(7)8/h3-9,16H,10-15H2,1-2H3;1-2H,(H,5,6)(H,7,8). The molecule has 3 aromatic rings. The molecule has 2 heterocycles. The third-order valence-corrected chi connectivity index (χ3v) is 5.86. The van der Waals surface area contributed by atoms with E-state index in [1.54, 1.807) is 14.2 Å². The number of likely N-dealkylation sites (tertiary alicyclic amines) is 1. The van der Waals surface area contributed by atoms with E-state index in [0.717, 1.165) is 37.1 Å². The van der Waals surface area contributed by atoms with Gasteiger partial charge in [0.1, 0.15) is 0 Å². The minimum absolute atomic E-state index is 0.558. The monoisotopic (exact) mass is 482 g/mol. The van der Waals surface area contributed by atoms with Crippen LogP contribution in [0.15, 0.2) is 59.1 Å². The number of aliphatic carboxylic acids is 2. The first-order valence-corrected chi connectivity index (χ1v) is 11.3. The Labute approximate surface area is 203 Å². The second-order valence-corrected chi connectivity index (χ2v) is 8.23. The quantitative estimate of drug-likeness (QED) is 0.459. The number of aromatic nitrogens is 1. The predicted octanol–water partition coefficient (Wildman–Crippen LogP) is 4.01. The molecule has 186 valence electrons. The zero-order chi connectivity index (χ0) is 25.2. The number of rotatable bonds is 8. The number of methoxy groups -OCH3 is 2. The first-order chi connectivity index (χ1) is 16.9. The minimum Gasteiger partial charge on any atom is -0.493 e. The van der Waals surface area contributed by atoms with Gasteiger partial charge in [0.05, 0.1) is 19.9 Å². The van der Waals surface area contributed by atoms with Crippen molar-refractivity contribution < 1.29 is 33.8 Å². The lowest BCUT2D eigenvalue weighted by atomic mass is 9.91. The third kappa shape index (κ3) is 7.31. The van der Waals surface area contributed by atoms with Gasteiger partial charge in [-0.3, -0.25) is 4.90 Å². The Kier molecular flexibility index (Phi) is 9.25. The highest BCUT2D eigenvalue weighted by Crippen LogP contribution is 2.37. The van der Waals surface area contributed by atoms with E-state index >= 15 is 0 Å². The molecule has 1 fully saturated rings. The van der Waals surface area contributed by atoms with E-state index < -0.39 is 11.9 Å². The van der Waals surface area contributed by atoms with Gasteiger partial charge in [0.25, 0.3) is 0 Å². The summed E-state index contributed by atoms with van der Waals surface area (Å²) in [5.74, 6) is -0.591. The predicted molar refractivity (Wildman–Crippen MR) is 130 cm³/mol. The zero-order valence-electron chi connectivity index (χ0n) is 19.8. The molecule has 0 bridgehead atoms. The summed E-state index contributed by atoms with van der Waals surface area (Å²) < 4.78 is 16.4. The van der Waals surface area contributed by atoms with E-state index in [4.69, 9.17) is 24.2 Å².